The number of nitrogens with one attached hydrogen (secondary N) is 1. The van der Waals surface area contributed by atoms with E-state index < -0.39 is 0 Å². The van der Waals surface area contributed by atoms with Gasteiger partial charge in [-0.3, -0.25) is 4.79 Å². The molecule has 5 heteroatoms. The molecule has 0 saturated heterocycles. The second-order valence-electron chi connectivity index (χ2n) is 5.63. The van der Waals surface area contributed by atoms with Crippen molar-refractivity contribution in [1.29, 1.82) is 0 Å². The minimum atomic E-state index is -0.0447. The van der Waals surface area contributed by atoms with Gasteiger partial charge in [0, 0.05) is 29.8 Å². The van der Waals surface area contributed by atoms with Gasteiger partial charge in [-0.25, -0.2) is 0 Å². The fourth-order valence-electron chi connectivity index (χ4n) is 2.69. The van der Waals surface area contributed by atoms with Crippen LogP contribution in [0.1, 0.15) is 17.9 Å². The van der Waals surface area contributed by atoms with E-state index >= 15 is 0 Å². The number of ether oxygens (including phenoxy) is 2. The molecule has 5 nitrogen and oxygen atoms in total. The Balaban J connectivity index is 1.67. The van der Waals surface area contributed by atoms with Crippen molar-refractivity contribution in [3.05, 3.63) is 48.0 Å². The van der Waals surface area contributed by atoms with Gasteiger partial charge in [-0.15, -0.1) is 0 Å². The number of hydrogen-bond acceptors (Lipinski definition) is 4. The second-order valence-corrected chi connectivity index (χ2v) is 5.63. The lowest BCUT2D eigenvalue weighted by atomic mass is 10.1. The zero-order chi connectivity index (χ0) is 16.4. The Bertz CT molecular complexity index is 689. The van der Waals surface area contributed by atoms with Gasteiger partial charge in [0.15, 0.2) is 0 Å². The molecule has 1 amide bonds. The Labute approximate surface area is 134 Å². The summed E-state index contributed by atoms with van der Waals surface area (Å²) in [5, 5.41) is 12.2. The van der Waals surface area contributed by atoms with Crippen molar-refractivity contribution in [1.82, 2.24) is 0 Å². The highest BCUT2D eigenvalue weighted by atomic mass is 16.5. The quantitative estimate of drug-likeness (QED) is 0.890. The van der Waals surface area contributed by atoms with Gasteiger partial charge < -0.3 is 19.9 Å². The maximum Gasteiger partial charge on any atom is 0.228 e. The molecule has 2 atom stereocenters. The lowest BCUT2D eigenvalue weighted by Gasteiger charge is -2.10. The first-order chi connectivity index (χ1) is 11.1. The lowest BCUT2D eigenvalue weighted by Crippen LogP contribution is -2.14. The average molecular weight is 313 g/mol. The Morgan fingerprint density at radius 1 is 1.09 bits per heavy atom. The van der Waals surface area contributed by atoms with Crippen LogP contribution in [-0.2, 0) is 4.79 Å². The summed E-state index contributed by atoms with van der Waals surface area (Å²) in [5.74, 6) is 1.65. The summed E-state index contributed by atoms with van der Waals surface area (Å²) >= 11 is 0. The van der Waals surface area contributed by atoms with Crippen LogP contribution in [0, 0.1) is 5.92 Å². The summed E-state index contributed by atoms with van der Waals surface area (Å²) in [4.78, 5) is 12.4. The Morgan fingerprint density at radius 2 is 1.70 bits per heavy atom. The molecule has 3 rings (SSSR count). The molecule has 2 N–H and O–H groups in total. The van der Waals surface area contributed by atoms with Crippen LogP contribution in [0.15, 0.2) is 42.5 Å². The third-order valence-electron chi connectivity index (χ3n) is 4.07. The molecule has 0 aliphatic heterocycles. The number of phenols is 1. The smallest absolute Gasteiger partial charge is 0.228 e. The van der Waals surface area contributed by atoms with E-state index in [4.69, 9.17) is 9.47 Å². The molecule has 2 aromatic carbocycles. The van der Waals surface area contributed by atoms with E-state index in [2.05, 4.69) is 5.32 Å². The van der Waals surface area contributed by atoms with Gasteiger partial charge in [-0.2, -0.15) is 0 Å². The van der Waals surface area contributed by atoms with Crippen molar-refractivity contribution in [2.24, 2.45) is 5.92 Å². The summed E-state index contributed by atoms with van der Waals surface area (Å²) < 4.78 is 10.4. The first-order valence-corrected chi connectivity index (χ1v) is 7.43. The average Bonchev–Trinajstić information content (AvgIpc) is 3.36. The number of rotatable bonds is 5. The van der Waals surface area contributed by atoms with Crippen LogP contribution in [0.5, 0.6) is 17.2 Å². The third kappa shape index (κ3) is 3.39. The van der Waals surface area contributed by atoms with E-state index in [1.165, 1.54) is 0 Å². The van der Waals surface area contributed by atoms with Crippen molar-refractivity contribution in [2.75, 3.05) is 19.5 Å². The zero-order valence-corrected chi connectivity index (χ0v) is 13.1. The fraction of sp³-hybridized carbons (Fsp3) is 0.278. The number of benzene rings is 2. The molecule has 1 saturated carbocycles. The van der Waals surface area contributed by atoms with Crippen molar-refractivity contribution < 1.29 is 19.4 Å². The number of hydrogen-bond donors (Lipinski definition) is 2. The Kier molecular flexibility index (Phi) is 4.10. The predicted molar refractivity (Wildman–Crippen MR) is 87.1 cm³/mol. The molecule has 1 aliphatic rings. The van der Waals surface area contributed by atoms with Crippen LogP contribution in [-0.4, -0.2) is 25.2 Å². The fourth-order valence-corrected chi connectivity index (χ4v) is 2.69. The van der Waals surface area contributed by atoms with Gasteiger partial charge in [0.05, 0.1) is 14.2 Å². The third-order valence-corrected chi connectivity index (χ3v) is 4.07. The second kappa shape index (κ2) is 6.20. The number of aromatic hydroxyl groups is 1. The van der Waals surface area contributed by atoms with Crippen LogP contribution in [0.4, 0.5) is 5.69 Å². The number of methoxy groups -OCH3 is 2. The van der Waals surface area contributed by atoms with Gasteiger partial charge in [0.25, 0.3) is 0 Å². The molecule has 1 fully saturated rings. The number of carbonyl (C=O) groups excluding carboxylic acids is 1. The van der Waals surface area contributed by atoms with Gasteiger partial charge in [-0.05, 0) is 30.0 Å². The summed E-state index contributed by atoms with van der Waals surface area (Å²) in [5.41, 5.74) is 1.73. The largest absolute Gasteiger partial charge is 0.508 e. The highest BCUT2D eigenvalue weighted by Crippen LogP contribution is 2.48. The standard InChI is InChI=1S/C18H19NO4/c1-22-14-7-12(8-15(9-14)23-2)19-18(21)17-10-16(17)11-3-5-13(20)6-4-11/h3-9,16-17,20H,10H2,1-2H3,(H,19,21). The van der Waals surface area contributed by atoms with E-state index in [1.807, 2.05) is 12.1 Å². The van der Waals surface area contributed by atoms with Crippen LogP contribution in [0.3, 0.4) is 0 Å². The molecular weight excluding hydrogens is 294 g/mol. The van der Waals surface area contributed by atoms with E-state index in [-0.39, 0.29) is 23.5 Å². The van der Waals surface area contributed by atoms with Crippen LogP contribution in [0.2, 0.25) is 0 Å². The minimum Gasteiger partial charge on any atom is -0.508 e. The predicted octanol–water partition coefficient (Wildman–Crippen LogP) is 3.15. The van der Waals surface area contributed by atoms with E-state index in [0.717, 1.165) is 12.0 Å². The number of amides is 1. The first-order valence-electron chi connectivity index (χ1n) is 7.43. The van der Waals surface area contributed by atoms with Crippen LogP contribution < -0.4 is 14.8 Å². The summed E-state index contributed by atoms with van der Waals surface area (Å²) in [6.45, 7) is 0. The van der Waals surface area contributed by atoms with E-state index in [9.17, 15) is 9.90 Å². The van der Waals surface area contributed by atoms with Crippen molar-refractivity contribution >= 4 is 11.6 Å². The molecule has 1 aliphatic carbocycles. The normalized spacial score (nSPS) is 19.0. The highest BCUT2D eigenvalue weighted by Gasteiger charge is 2.43. The SMILES string of the molecule is COc1cc(NC(=O)C2CC2c2ccc(O)cc2)cc(OC)c1. The van der Waals surface area contributed by atoms with Crippen molar-refractivity contribution in [3.8, 4) is 17.2 Å². The number of phenolic OH excluding ortho intramolecular Hbond substituents is 1. The lowest BCUT2D eigenvalue weighted by molar-refractivity contribution is -0.117. The van der Waals surface area contributed by atoms with Crippen LogP contribution >= 0.6 is 0 Å². The van der Waals surface area contributed by atoms with Crippen molar-refractivity contribution in [2.45, 2.75) is 12.3 Å². The van der Waals surface area contributed by atoms with Gasteiger partial charge >= 0.3 is 0 Å². The molecular formula is C18H19NO4. The summed E-state index contributed by atoms with van der Waals surface area (Å²) in [7, 11) is 3.14. The molecule has 0 aromatic heterocycles. The molecule has 0 heterocycles. The van der Waals surface area contributed by atoms with Crippen molar-refractivity contribution in [3.63, 3.8) is 0 Å². The monoisotopic (exact) mass is 313 g/mol. The maximum atomic E-state index is 12.4. The summed E-state index contributed by atoms with van der Waals surface area (Å²) in [6, 6.07) is 12.3. The first kappa shape index (κ1) is 15.2. The van der Waals surface area contributed by atoms with Gasteiger partial charge in [0.2, 0.25) is 5.91 Å². The van der Waals surface area contributed by atoms with Gasteiger partial charge in [-0.1, -0.05) is 12.1 Å². The molecule has 0 radical (unpaired) electrons. The molecule has 0 bridgehead atoms. The number of carbonyl (C=O) groups is 1. The molecule has 2 aromatic rings. The highest BCUT2D eigenvalue weighted by molar-refractivity contribution is 5.95. The zero-order valence-electron chi connectivity index (χ0n) is 13.1. The van der Waals surface area contributed by atoms with Gasteiger partial charge in [0.1, 0.15) is 17.2 Å². The van der Waals surface area contributed by atoms with E-state index in [0.29, 0.717) is 17.2 Å². The Morgan fingerprint density at radius 3 is 2.26 bits per heavy atom. The minimum absolute atomic E-state index is 0.0154. The van der Waals surface area contributed by atoms with E-state index in [1.54, 1.807) is 44.6 Å². The molecule has 0 spiro atoms. The van der Waals surface area contributed by atoms with Crippen LogP contribution in [0.25, 0.3) is 0 Å². The Hall–Kier alpha value is -2.69. The molecule has 120 valence electrons. The summed E-state index contributed by atoms with van der Waals surface area (Å²) in [6.07, 6.45) is 0.817. The number of anilines is 1. The topological polar surface area (TPSA) is 67.8 Å². The maximum absolute atomic E-state index is 12.4. The molecule has 23 heavy (non-hydrogen) atoms. The molecule has 2 unspecified atom stereocenters.